The summed E-state index contributed by atoms with van der Waals surface area (Å²) < 4.78 is 5.31. The topological polar surface area (TPSA) is 79.7 Å². The highest BCUT2D eigenvalue weighted by Crippen LogP contribution is 2.26. The van der Waals surface area contributed by atoms with E-state index in [2.05, 4.69) is 4.98 Å². The zero-order chi connectivity index (χ0) is 15.8. The largest absolute Gasteiger partial charge is 0.479 e. The zero-order valence-corrected chi connectivity index (χ0v) is 13.4. The number of carboxylic acid groups (broad SMARTS) is 1. The molecule has 116 valence electrons. The van der Waals surface area contributed by atoms with Gasteiger partial charge in [-0.1, -0.05) is 20.8 Å². The predicted molar refractivity (Wildman–Crippen MR) is 78.7 cm³/mol. The number of ether oxygens (including phenoxy) is 1. The lowest BCUT2D eigenvalue weighted by atomic mass is 9.98. The normalized spacial score (nSPS) is 23.1. The molecule has 0 aromatic carbocycles. The summed E-state index contributed by atoms with van der Waals surface area (Å²) in [5.41, 5.74) is 0.272. The third-order valence-corrected chi connectivity index (χ3v) is 4.46. The fourth-order valence-electron chi connectivity index (χ4n) is 2.13. The number of carboxylic acids is 1. The molecule has 7 heteroatoms. The summed E-state index contributed by atoms with van der Waals surface area (Å²) in [5, 5.41) is 11.7. The van der Waals surface area contributed by atoms with Crippen LogP contribution in [0.5, 0.6) is 0 Å². The van der Waals surface area contributed by atoms with Crippen molar-refractivity contribution < 1.29 is 19.4 Å². The van der Waals surface area contributed by atoms with Crippen molar-refractivity contribution in [3.05, 3.63) is 16.1 Å². The van der Waals surface area contributed by atoms with Gasteiger partial charge in [0.1, 0.15) is 5.69 Å². The number of carbonyl (C=O) groups excluding carboxylic acids is 1. The summed E-state index contributed by atoms with van der Waals surface area (Å²) in [5.74, 6) is -1.28. The Morgan fingerprint density at radius 2 is 2.10 bits per heavy atom. The van der Waals surface area contributed by atoms with Gasteiger partial charge in [0.05, 0.1) is 17.7 Å². The minimum atomic E-state index is -1.05. The zero-order valence-electron chi connectivity index (χ0n) is 12.6. The number of aromatic nitrogens is 1. The van der Waals surface area contributed by atoms with Crippen molar-refractivity contribution in [1.29, 1.82) is 0 Å². The van der Waals surface area contributed by atoms with E-state index in [4.69, 9.17) is 9.84 Å². The van der Waals surface area contributed by atoms with Gasteiger partial charge in [-0.15, -0.1) is 11.3 Å². The number of carbonyl (C=O) groups is 2. The molecular formula is C14H20N2O4S. The summed E-state index contributed by atoms with van der Waals surface area (Å²) in [6.07, 6.45) is -1.28. The molecule has 0 spiro atoms. The average molecular weight is 312 g/mol. The van der Waals surface area contributed by atoms with E-state index in [1.165, 1.54) is 16.2 Å². The van der Waals surface area contributed by atoms with E-state index in [0.29, 0.717) is 12.2 Å². The molecule has 1 aromatic heterocycles. The van der Waals surface area contributed by atoms with Gasteiger partial charge in [-0.25, -0.2) is 9.78 Å². The molecule has 21 heavy (non-hydrogen) atoms. The number of thiazole rings is 1. The Balaban J connectivity index is 2.15. The molecule has 1 aromatic rings. The lowest BCUT2D eigenvalue weighted by molar-refractivity contribution is -0.160. The van der Waals surface area contributed by atoms with Crippen LogP contribution in [0.2, 0.25) is 0 Å². The highest BCUT2D eigenvalue weighted by atomic mass is 32.1. The molecule has 0 aliphatic carbocycles. The maximum Gasteiger partial charge on any atom is 0.334 e. The Hall–Kier alpha value is -1.47. The molecule has 1 amide bonds. The van der Waals surface area contributed by atoms with Crippen LogP contribution in [0.1, 0.15) is 43.2 Å². The van der Waals surface area contributed by atoms with Crippen LogP contribution in [0.4, 0.5) is 0 Å². The maximum atomic E-state index is 12.5. The van der Waals surface area contributed by atoms with Crippen LogP contribution in [-0.4, -0.2) is 52.2 Å². The maximum absolute atomic E-state index is 12.5. The van der Waals surface area contributed by atoms with Gasteiger partial charge >= 0.3 is 5.97 Å². The highest BCUT2D eigenvalue weighted by molar-refractivity contribution is 7.10. The SMILES string of the molecule is C[C@@H]1CN(C(=O)c2csc(C(C)(C)C)n2)CC(C(=O)O)O1. The third kappa shape index (κ3) is 3.59. The lowest BCUT2D eigenvalue weighted by Crippen LogP contribution is -2.51. The number of morpholine rings is 1. The monoisotopic (exact) mass is 312 g/mol. The van der Waals surface area contributed by atoms with Crippen LogP contribution < -0.4 is 0 Å². The van der Waals surface area contributed by atoms with Gasteiger partial charge in [-0.3, -0.25) is 4.79 Å². The molecule has 1 unspecified atom stereocenters. The molecule has 2 heterocycles. The molecule has 2 atom stereocenters. The molecule has 0 bridgehead atoms. The first kappa shape index (κ1) is 15.9. The molecular weight excluding hydrogens is 292 g/mol. The van der Waals surface area contributed by atoms with Crippen molar-refractivity contribution >= 4 is 23.2 Å². The lowest BCUT2D eigenvalue weighted by Gasteiger charge is -2.34. The molecule has 1 aliphatic heterocycles. The van der Waals surface area contributed by atoms with Crippen molar-refractivity contribution in [3.8, 4) is 0 Å². The van der Waals surface area contributed by atoms with Gasteiger partial charge in [-0.05, 0) is 6.92 Å². The van der Waals surface area contributed by atoms with Crippen molar-refractivity contribution in [2.24, 2.45) is 0 Å². The summed E-state index contributed by atoms with van der Waals surface area (Å²) in [6.45, 7) is 8.31. The molecule has 6 nitrogen and oxygen atoms in total. The quantitative estimate of drug-likeness (QED) is 0.900. The second kappa shape index (κ2) is 5.73. The van der Waals surface area contributed by atoms with Crippen LogP contribution in [-0.2, 0) is 14.9 Å². The van der Waals surface area contributed by atoms with Crippen LogP contribution in [0.25, 0.3) is 0 Å². The summed E-state index contributed by atoms with van der Waals surface area (Å²) >= 11 is 1.45. The van der Waals surface area contributed by atoms with Gasteiger partial charge in [-0.2, -0.15) is 0 Å². The summed E-state index contributed by atoms with van der Waals surface area (Å²) in [7, 11) is 0. The first-order chi connectivity index (χ1) is 9.68. The number of amides is 1. The predicted octanol–water partition coefficient (Wildman–Crippen LogP) is 1.75. The fraction of sp³-hybridized carbons (Fsp3) is 0.643. The van der Waals surface area contributed by atoms with E-state index >= 15 is 0 Å². The minimum absolute atomic E-state index is 0.0564. The van der Waals surface area contributed by atoms with Crippen molar-refractivity contribution in [1.82, 2.24) is 9.88 Å². The van der Waals surface area contributed by atoms with Gasteiger partial charge in [0.15, 0.2) is 6.10 Å². The Morgan fingerprint density at radius 3 is 2.62 bits per heavy atom. The van der Waals surface area contributed by atoms with Gasteiger partial charge < -0.3 is 14.7 Å². The number of nitrogens with zero attached hydrogens (tertiary/aromatic N) is 2. The second-order valence-electron chi connectivity index (χ2n) is 6.27. The minimum Gasteiger partial charge on any atom is -0.479 e. The summed E-state index contributed by atoms with van der Waals surface area (Å²) in [6, 6.07) is 0. The fourth-order valence-corrected chi connectivity index (χ4v) is 3.01. The van der Waals surface area contributed by atoms with Crippen molar-refractivity contribution in [2.75, 3.05) is 13.1 Å². The molecule has 1 fully saturated rings. The Bertz CT molecular complexity index is 549. The average Bonchev–Trinajstić information content (AvgIpc) is 2.86. The van der Waals surface area contributed by atoms with E-state index in [9.17, 15) is 9.59 Å². The molecule has 2 rings (SSSR count). The molecule has 0 radical (unpaired) electrons. The molecule has 1 N–H and O–H groups in total. The highest BCUT2D eigenvalue weighted by Gasteiger charge is 2.34. The summed E-state index contributed by atoms with van der Waals surface area (Å²) in [4.78, 5) is 29.4. The van der Waals surface area contributed by atoms with Gasteiger partial charge in [0.2, 0.25) is 0 Å². The van der Waals surface area contributed by atoms with Crippen molar-refractivity contribution in [2.45, 2.75) is 45.3 Å². The Labute approximate surface area is 127 Å². The van der Waals surface area contributed by atoms with Crippen LogP contribution >= 0.6 is 11.3 Å². The van der Waals surface area contributed by atoms with Gasteiger partial charge in [0, 0.05) is 17.3 Å². The number of aliphatic carboxylic acids is 1. The first-order valence-electron chi connectivity index (χ1n) is 6.82. The molecule has 1 saturated heterocycles. The number of hydrogen-bond donors (Lipinski definition) is 1. The van der Waals surface area contributed by atoms with E-state index < -0.39 is 12.1 Å². The van der Waals surface area contributed by atoms with E-state index in [0.717, 1.165) is 5.01 Å². The number of rotatable bonds is 2. The van der Waals surface area contributed by atoms with Crippen LogP contribution in [0, 0.1) is 0 Å². The van der Waals surface area contributed by atoms with E-state index in [1.807, 2.05) is 20.8 Å². The molecule has 1 aliphatic rings. The van der Waals surface area contributed by atoms with Crippen LogP contribution in [0.3, 0.4) is 0 Å². The van der Waals surface area contributed by atoms with Crippen molar-refractivity contribution in [3.63, 3.8) is 0 Å². The first-order valence-corrected chi connectivity index (χ1v) is 7.70. The standard InChI is InChI=1S/C14H20N2O4S/c1-8-5-16(6-10(20-8)12(18)19)11(17)9-7-21-13(15-9)14(2,3)4/h7-8,10H,5-6H2,1-4H3,(H,18,19)/t8-,10?/m1/s1. The second-order valence-corrected chi connectivity index (χ2v) is 7.13. The number of hydrogen-bond acceptors (Lipinski definition) is 5. The molecule has 0 saturated carbocycles. The van der Waals surface area contributed by atoms with Gasteiger partial charge in [0.25, 0.3) is 5.91 Å². The van der Waals surface area contributed by atoms with Crippen LogP contribution in [0.15, 0.2) is 5.38 Å². The Kier molecular flexibility index (Phi) is 4.34. The van der Waals surface area contributed by atoms with E-state index in [1.54, 1.807) is 12.3 Å². The Morgan fingerprint density at radius 1 is 1.43 bits per heavy atom. The van der Waals surface area contributed by atoms with E-state index in [-0.39, 0.29) is 24.0 Å². The smallest absolute Gasteiger partial charge is 0.334 e. The third-order valence-electron chi connectivity index (χ3n) is 3.19.